The predicted molar refractivity (Wildman–Crippen MR) is 157 cm³/mol. The average molecular weight is 571 g/mol. The molecule has 0 fully saturated rings. The minimum absolute atomic E-state index is 0.0836. The number of ether oxygens (including phenoxy) is 4. The van der Waals surface area contributed by atoms with E-state index < -0.39 is 12.0 Å². The number of para-hydroxylation sites is 1. The smallest absolute Gasteiger partial charge is 0.338 e. The van der Waals surface area contributed by atoms with Crippen molar-refractivity contribution in [1.82, 2.24) is 4.57 Å². The van der Waals surface area contributed by atoms with Crippen LogP contribution in [0.3, 0.4) is 0 Å². The van der Waals surface area contributed by atoms with Crippen molar-refractivity contribution in [1.29, 1.82) is 0 Å². The minimum atomic E-state index is -0.770. The van der Waals surface area contributed by atoms with Crippen molar-refractivity contribution in [2.75, 3.05) is 27.4 Å². The second-order valence-corrected chi connectivity index (χ2v) is 10.3. The second kappa shape index (κ2) is 12.8. The molecule has 0 aliphatic carbocycles. The Morgan fingerprint density at radius 1 is 0.976 bits per heavy atom. The van der Waals surface area contributed by atoms with Crippen LogP contribution < -0.4 is 24.4 Å². The summed E-state index contributed by atoms with van der Waals surface area (Å²) in [6.45, 7) is 2.56. The lowest BCUT2D eigenvalue weighted by Crippen LogP contribution is -2.40. The molecule has 41 heavy (non-hydrogen) atoms. The molecule has 1 unspecified atom stereocenters. The van der Waals surface area contributed by atoms with Crippen LogP contribution in [0.1, 0.15) is 29.7 Å². The molecule has 0 N–H and O–H groups in total. The molecule has 5 rings (SSSR count). The highest BCUT2D eigenvalue weighted by molar-refractivity contribution is 7.07. The van der Waals surface area contributed by atoms with Crippen molar-refractivity contribution >= 4 is 23.4 Å². The number of benzene rings is 3. The average Bonchev–Trinajstić information content (AvgIpc) is 3.30. The number of methoxy groups -OCH3 is 2. The van der Waals surface area contributed by atoms with Crippen LogP contribution in [0, 0.1) is 0 Å². The van der Waals surface area contributed by atoms with Gasteiger partial charge < -0.3 is 18.9 Å². The number of esters is 1. The first-order valence-electron chi connectivity index (χ1n) is 13.1. The van der Waals surface area contributed by atoms with Gasteiger partial charge in [0, 0.05) is 12.7 Å². The monoisotopic (exact) mass is 570 g/mol. The van der Waals surface area contributed by atoms with Crippen molar-refractivity contribution < 1.29 is 23.7 Å². The number of hydrogen-bond donors (Lipinski definition) is 0. The van der Waals surface area contributed by atoms with E-state index in [-0.39, 0.29) is 24.3 Å². The Balaban J connectivity index is 1.51. The van der Waals surface area contributed by atoms with Crippen LogP contribution in [0.15, 0.2) is 99.9 Å². The van der Waals surface area contributed by atoms with Gasteiger partial charge in [-0.05, 0) is 42.3 Å². The maximum atomic E-state index is 13.9. The lowest BCUT2D eigenvalue weighted by atomic mass is 9.95. The van der Waals surface area contributed by atoms with Gasteiger partial charge in [0.2, 0.25) is 0 Å². The number of carbonyl (C=O) groups is 1. The van der Waals surface area contributed by atoms with Gasteiger partial charge in [0.15, 0.2) is 4.80 Å². The first-order valence-corrected chi connectivity index (χ1v) is 13.9. The van der Waals surface area contributed by atoms with Gasteiger partial charge in [0.25, 0.3) is 5.56 Å². The Kier molecular flexibility index (Phi) is 8.76. The molecule has 0 saturated heterocycles. The molecule has 1 atom stereocenters. The molecule has 0 saturated carbocycles. The third-order valence-electron chi connectivity index (χ3n) is 6.62. The molecular formula is C32H30N2O6S. The molecule has 0 amide bonds. The lowest BCUT2D eigenvalue weighted by Gasteiger charge is -2.26. The van der Waals surface area contributed by atoms with Crippen molar-refractivity contribution in [3.8, 4) is 11.5 Å². The van der Waals surface area contributed by atoms with Crippen LogP contribution in [-0.4, -0.2) is 38.0 Å². The lowest BCUT2D eigenvalue weighted by molar-refractivity contribution is -0.140. The fourth-order valence-corrected chi connectivity index (χ4v) is 5.66. The van der Waals surface area contributed by atoms with E-state index in [4.69, 9.17) is 18.9 Å². The van der Waals surface area contributed by atoms with Gasteiger partial charge in [-0.2, -0.15) is 0 Å². The molecule has 210 valence electrons. The predicted octanol–water partition coefficient (Wildman–Crippen LogP) is 4.01. The second-order valence-electron chi connectivity index (χ2n) is 9.30. The number of aromatic nitrogens is 1. The van der Waals surface area contributed by atoms with Gasteiger partial charge in [0.05, 0.1) is 29.5 Å². The summed E-state index contributed by atoms with van der Waals surface area (Å²) in [7, 11) is 3.09. The molecule has 2 heterocycles. The fraction of sp³-hybridized carbons (Fsp3) is 0.219. The Morgan fingerprint density at radius 3 is 2.44 bits per heavy atom. The topological polar surface area (TPSA) is 88.4 Å². The molecule has 1 aliphatic rings. The molecule has 1 aliphatic heterocycles. The summed E-state index contributed by atoms with van der Waals surface area (Å²) in [4.78, 5) is 32.3. The highest BCUT2D eigenvalue weighted by atomic mass is 32.1. The van der Waals surface area contributed by atoms with Gasteiger partial charge in [-0.1, -0.05) is 72.0 Å². The molecule has 0 bridgehead atoms. The van der Waals surface area contributed by atoms with Gasteiger partial charge in [-0.3, -0.25) is 9.36 Å². The zero-order chi connectivity index (χ0) is 28.8. The summed E-state index contributed by atoms with van der Waals surface area (Å²) in [5, 5.41) is 0. The quantitative estimate of drug-likeness (QED) is 0.212. The van der Waals surface area contributed by atoms with Crippen LogP contribution in [0.4, 0.5) is 0 Å². The summed E-state index contributed by atoms with van der Waals surface area (Å²) in [5.41, 5.74) is 3.09. The van der Waals surface area contributed by atoms with Gasteiger partial charge in [-0.15, -0.1) is 0 Å². The van der Waals surface area contributed by atoms with E-state index in [2.05, 4.69) is 4.99 Å². The zero-order valence-corrected chi connectivity index (χ0v) is 23.9. The standard InChI is InChI=1S/C32H30N2O6S/c1-21-28(31(36)39-18-17-37-2)29(25-11-7-8-12-26(25)38-3)34-30(35)27(41-32(34)33-21)19-22-13-15-24(16-14-22)40-20-23-9-5-4-6-10-23/h4-16,19,29H,17-18,20H2,1-3H3. The van der Waals surface area contributed by atoms with Crippen molar-refractivity contribution in [2.24, 2.45) is 4.99 Å². The summed E-state index contributed by atoms with van der Waals surface area (Å²) < 4.78 is 24.1. The Morgan fingerprint density at radius 2 is 1.71 bits per heavy atom. The largest absolute Gasteiger partial charge is 0.496 e. The van der Waals surface area contributed by atoms with E-state index >= 15 is 0 Å². The number of hydrogen-bond acceptors (Lipinski definition) is 8. The third kappa shape index (κ3) is 6.16. The Bertz CT molecular complexity index is 1740. The summed E-state index contributed by atoms with van der Waals surface area (Å²) in [6, 6.07) is 24.1. The molecule has 8 nitrogen and oxygen atoms in total. The van der Waals surface area contributed by atoms with Gasteiger partial charge in [0.1, 0.15) is 30.8 Å². The molecule has 4 aromatic rings. The molecule has 1 aromatic heterocycles. The third-order valence-corrected chi connectivity index (χ3v) is 7.60. The molecular weight excluding hydrogens is 540 g/mol. The van der Waals surface area contributed by atoms with E-state index in [1.165, 1.54) is 18.4 Å². The maximum Gasteiger partial charge on any atom is 0.338 e. The number of thiazole rings is 1. The maximum absolute atomic E-state index is 13.9. The highest BCUT2D eigenvalue weighted by Crippen LogP contribution is 2.35. The van der Waals surface area contributed by atoms with E-state index in [0.717, 1.165) is 16.9 Å². The summed E-state index contributed by atoms with van der Waals surface area (Å²) >= 11 is 1.27. The highest BCUT2D eigenvalue weighted by Gasteiger charge is 2.35. The SMILES string of the molecule is COCCOC(=O)C1=C(C)N=c2sc(=Cc3ccc(OCc4ccccc4)cc3)c(=O)n2C1c1ccccc1OC. The molecule has 3 aromatic carbocycles. The number of carbonyl (C=O) groups excluding carboxylic acids is 1. The minimum Gasteiger partial charge on any atom is -0.496 e. The van der Waals surface area contributed by atoms with E-state index in [0.29, 0.717) is 33.0 Å². The number of allylic oxidation sites excluding steroid dienone is 1. The van der Waals surface area contributed by atoms with Crippen LogP contribution in [0.2, 0.25) is 0 Å². The first-order chi connectivity index (χ1) is 20.0. The number of fused-ring (bicyclic) bond motifs is 1. The van der Waals surface area contributed by atoms with Crippen LogP contribution in [0.25, 0.3) is 6.08 Å². The number of rotatable bonds is 10. The first kappa shape index (κ1) is 28.1. The van der Waals surface area contributed by atoms with Crippen molar-refractivity contribution in [3.63, 3.8) is 0 Å². The van der Waals surface area contributed by atoms with Crippen molar-refractivity contribution in [3.05, 3.63) is 127 Å². The van der Waals surface area contributed by atoms with Gasteiger partial charge >= 0.3 is 5.97 Å². The van der Waals surface area contributed by atoms with Gasteiger partial charge in [-0.25, -0.2) is 9.79 Å². The van der Waals surface area contributed by atoms with Crippen LogP contribution >= 0.6 is 11.3 Å². The molecule has 9 heteroatoms. The van der Waals surface area contributed by atoms with E-state index in [1.807, 2.05) is 78.9 Å². The van der Waals surface area contributed by atoms with E-state index in [9.17, 15) is 9.59 Å². The molecule has 0 radical (unpaired) electrons. The van der Waals surface area contributed by atoms with Crippen LogP contribution in [0.5, 0.6) is 11.5 Å². The molecule has 0 spiro atoms. The summed E-state index contributed by atoms with van der Waals surface area (Å²) in [5.74, 6) is 0.727. The number of nitrogens with zero attached hydrogens (tertiary/aromatic N) is 2. The fourth-order valence-electron chi connectivity index (χ4n) is 4.62. The summed E-state index contributed by atoms with van der Waals surface area (Å²) in [6.07, 6.45) is 1.82. The normalized spacial score (nSPS) is 14.8. The zero-order valence-electron chi connectivity index (χ0n) is 23.0. The van der Waals surface area contributed by atoms with E-state index in [1.54, 1.807) is 24.7 Å². The van der Waals surface area contributed by atoms with Crippen molar-refractivity contribution in [2.45, 2.75) is 19.6 Å². The Hall–Kier alpha value is -4.47. The van der Waals surface area contributed by atoms with Crippen LogP contribution in [-0.2, 0) is 20.9 Å². The Labute approximate surface area is 241 Å².